The monoisotopic (exact) mass is 501 g/mol. The Morgan fingerprint density at radius 1 is 0.935 bits per heavy atom. The van der Waals surface area contributed by atoms with Gasteiger partial charge in [-0.1, -0.05) is 41.9 Å². The summed E-state index contributed by atoms with van der Waals surface area (Å²) in [5, 5.41) is 13.2. The lowest BCUT2D eigenvalue weighted by atomic mass is 9.95. The third-order valence-corrected chi connectivity index (χ3v) is 6.37. The van der Waals surface area contributed by atoms with Gasteiger partial charge in [0.05, 0.1) is 10.4 Å². The molecule has 2 aromatic carbocycles. The molecule has 1 N–H and O–H groups in total. The van der Waals surface area contributed by atoms with E-state index in [0.29, 0.717) is 0 Å². The van der Waals surface area contributed by atoms with Crippen LogP contribution in [0, 0.1) is 0 Å². The number of hydrogen-bond donors (Lipinski definition) is 1. The van der Waals surface area contributed by atoms with Gasteiger partial charge < -0.3 is 14.8 Å². The molecule has 0 spiro atoms. The van der Waals surface area contributed by atoms with Gasteiger partial charge in [0.1, 0.15) is 5.82 Å². The van der Waals surface area contributed by atoms with Gasteiger partial charge in [0, 0.05) is 44.5 Å². The minimum absolute atomic E-state index is 0. The van der Waals surface area contributed by atoms with Crippen LogP contribution in [0.1, 0.15) is 24.2 Å². The molecule has 2 heterocycles. The number of halogens is 4. The highest BCUT2D eigenvalue weighted by Crippen LogP contribution is 2.53. The molecule has 1 saturated carbocycles. The summed E-state index contributed by atoms with van der Waals surface area (Å²) in [7, 11) is 2.05. The third kappa shape index (κ3) is 4.67. The van der Waals surface area contributed by atoms with Crippen LogP contribution in [0.3, 0.4) is 0 Å². The van der Waals surface area contributed by atoms with Crippen LogP contribution in [0.4, 0.5) is 5.69 Å². The van der Waals surface area contributed by atoms with E-state index in [9.17, 15) is 0 Å². The largest absolute Gasteiger partial charge is 0.369 e. The Kier molecular flexibility index (Phi) is 8.65. The number of rotatable bonds is 4. The van der Waals surface area contributed by atoms with E-state index in [1.165, 1.54) is 11.3 Å². The molecule has 0 amide bonds. The smallest absolute Gasteiger partial charge is 0.165 e. The molecule has 1 aliphatic heterocycles. The second kappa shape index (κ2) is 10.4. The molecule has 31 heavy (non-hydrogen) atoms. The Hall–Kier alpha value is -1.50. The van der Waals surface area contributed by atoms with Crippen molar-refractivity contribution in [1.29, 1.82) is 0 Å². The first kappa shape index (κ1) is 25.8. The highest BCUT2D eigenvalue weighted by Gasteiger charge is 2.49. The average Bonchev–Trinajstić information content (AvgIpc) is 3.46. The fraction of sp³-hybridized carbons (Fsp3) is 0.364. The second-order valence-corrected chi connectivity index (χ2v) is 8.16. The summed E-state index contributed by atoms with van der Waals surface area (Å²) in [6.45, 7) is 4.02. The zero-order chi connectivity index (χ0) is 19.1. The first-order valence-corrected chi connectivity index (χ1v) is 10.3. The Morgan fingerprint density at radius 3 is 2.23 bits per heavy atom. The molecule has 3 aromatic rings. The lowest BCUT2D eigenvalue weighted by Crippen LogP contribution is -2.43. The fourth-order valence-electron chi connectivity index (χ4n) is 4.31. The van der Waals surface area contributed by atoms with E-state index in [1.54, 1.807) is 0 Å². The lowest BCUT2D eigenvalue weighted by molar-refractivity contribution is 0.589. The van der Waals surface area contributed by atoms with Gasteiger partial charge in [0.15, 0.2) is 5.82 Å². The van der Waals surface area contributed by atoms with E-state index >= 15 is 0 Å². The van der Waals surface area contributed by atoms with Crippen LogP contribution in [0.2, 0.25) is 5.02 Å². The van der Waals surface area contributed by atoms with Crippen LogP contribution in [0.25, 0.3) is 11.4 Å². The highest BCUT2D eigenvalue weighted by atomic mass is 35.5. The first-order valence-electron chi connectivity index (χ1n) is 9.90. The number of nitrogens with zero attached hydrogens (tertiary/aromatic N) is 4. The summed E-state index contributed by atoms with van der Waals surface area (Å²) >= 11 is 6.69. The molecule has 1 aromatic heterocycles. The zero-order valence-electron chi connectivity index (χ0n) is 17.3. The molecular formula is C22H27Cl4N5. The van der Waals surface area contributed by atoms with Gasteiger partial charge in [-0.2, -0.15) is 0 Å². The Balaban J connectivity index is 0.00000114. The van der Waals surface area contributed by atoms with Crippen molar-refractivity contribution in [2.24, 2.45) is 7.05 Å². The van der Waals surface area contributed by atoms with Gasteiger partial charge in [-0.05, 0) is 36.6 Å². The standard InChI is InChI=1S/C22H24ClN5.3ClH/c1-27-20(18-8-7-17(15-19(18)23)28-13-11-24-12-14-28)25-26-21(27)22(9-10-22)16-5-3-2-4-6-16;;;/h2-8,15,24H,9-14H2,1H3;3*1H. The molecule has 5 rings (SSSR count). The van der Waals surface area contributed by atoms with Crippen LogP contribution < -0.4 is 10.2 Å². The number of hydrogen-bond acceptors (Lipinski definition) is 4. The molecule has 1 aliphatic carbocycles. The van der Waals surface area contributed by atoms with Gasteiger partial charge in [-0.3, -0.25) is 0 Å². The quantitative estimate of drug-likeness (QED) is 0.551. The van der Waals surface area contributed by atoms with Crippen LogP contribution in [0.15, 0.2) is 48.5 Å². The predicted molar refractivity (Wildman–Crippen MR) is 135 cm³/mol. The minimum atomic E-state index is -0.00548. The Labute approximate surface area is 206 Å². The maximum absolute atomic E-state index is 6.69. The first-order chi connectivity index (χ1) is 13.7. The number of aromatic nitrogens is 3. The van der Waals surface area contributed by atoms with Crippen molar-refractivity contribution in [3.8, 4) is 11.4 Å². The van der Waals surface area contributed by atoms with Crippen molar-refractivity contribution < 1.29 is 0 Å². The molecular weight excluding hydrogens is 476 g/mol. The normalized spacial score (nSPS) is 16.5. The van der Waals surface area contributed by atoms with Crippen molar-refractivity contribution >= 4 is 54.5 Å². The van der Waals surface area contributed by atoms with Gasteiger partial charge in [0.25, 0.3) is 0 Å². The zero-order valence-corrected chi connectivity index (χ0v) is 20.5. The molecule has 0 unspecified atom stereocenters. The molecule has 0 radical (unpaired) electrons. The molecule has 5 nitrogen and oxygen atoms in total. The average molecular weight is 503 g/mol. The van der Waals surface area contributed by atoms with Crippen molar-refractivity contribution in [3.05, 3.63) is 64.9 Å². The maximum Gasteiger partial charge on any atom is 0.165 e. The summed E-state index contributed by atoms with van der Waals surface area (Å²) in [4.78, 5) is 2.36. The van der Waals surface area contributed by atoms with Crippen LogP contribution in [-0.2, 0) is 12.5 Å². The van der Waals surface area contributed by atoms with E-state index in [1.807, 2.05) is 7.05 Å². The van der Waals surface area contributed by atoms with Crippen molar-refractivity contribution in [2.45, 2.75) is 18.3 Å². The van der Waals surface area contributed by atoms with Crippen molar-refractivity contribution in [3.63, 3.8) is 0 Å². The predicted octanol–water partition coefficient (Wildman–Crippen LogP) is 4.89. The molecule has 9 heteroatoms. The molecule has 168 valence electrons. The number of anilines is 1. The highest BCUT2D eigenvalue weighted by molar-refractivity contribution is 6.33. The molecule has 2 aliphatic rings. The van der Waals surface area contributed by atoms with Crippen molar-refractivity contribution in [2.75, 3.05) is 31.1 Å². The van der Waals surface area contributed by atoms with Crippen LogP contribution >= 0.6 is 48.8 Å². The summed E-state index contributed by atoms with van der Waals surface area (Å²) in [6, 6.07) is 16.9. The number of nitrogens with one attached hydrogen (secondary N) is 1. The van der Waals surface area contributed by atoms with Crippen molar-refractivity contribution in [1.82, 2.24) is 20.1 Å². The van der Waals surface area contributed by atoms with Gasteiger partial charge in [-0.25, -0.2) is 0 Å². The Morgan fingerprint density at radius 2 is 1.61 bits per heavy atom. The van der Waals surface area contributed by atoms with Crippen LogP contribution in [0.5, 0.6) is 0 Å². The summed E-state index contributed by atoms with van der Waals surface area (Å²) < 4.78 is 2.12. The molecule has 0 atom stereocenters. The van der Waals surface area contributed by atoms with E-state index in [-0.39, 0.29) is 42.6 Å². The van der Waals surface area contributed by atoms with Gasteiger partial charge >= 0.3 is 0 Å². The summed E-state index contributed by atoms with van der Waals surface area (Å²) in [5.41, 5.74) is 3.41. The third-order valence-electron chi connectivity index (χ3n) is 6.05. The van der Waals surface area contributed by atoms with E-state index < -0.39 is 0 Å². The van der Waals surface area contributed by atoms with Crippen LogP contribution in [-0.4, -0.2) is 40.9 Å². The fourth-order valence-corrected chi connectivity index (χ4v) is 4.57. The van der Waals surface area contributed by atoms with E-state index in [4.69, 9.17) is 11.6 Å². The van der Waals surface area contributed by atoms with E-state index in [0.717, 1.165) is 61.3 Å². The van der Waals surface area contributed by atoms with Gasteiger partial charge in [-0.15, -0.1) is 47.4 Å². The molecule has 2 fully saturated rings. The molecule has 1 saturated heterocycles. The summed E-state index contributed by atoms with van der Waals surface area (Å²) in [5.74, 6) is 1.85. The lowest BCUT2D eigenvalue weighted by Gasteiger charge is -2.29. The number of benzene rings is 2. The van der Waals surface area contributed by atoms with Gasteiger partial charge in [0.2, 0.25) is 0 Å². The Bertz CT molecular complexity index is 998. The molecule has 0 bridgehead atoms. The topological polar surface area (TPSA) is 46.0 Å². The number of piperazine rings is 1. The maximum atomic E-state index is 6.69. The SMILES string of the molecule is Cl.Cl.Cl.Cn1c(-c2ccc(N3CCNCC3)cc2Cl)nnc1C1(c2ccccc2)CC1. The van der Waals surface area contributed by atoms with E-state index in [2.05, 4.69) is 73.5 Å². The summed E-state index contributed by atoms with van der Waals surface area (Å²) in [6.07, 6.45) is 2.22. The minimum Gasteiger partial charge on any atom is -0.369 e. The second-order valence-electron chi connectivity index (χ2n) is 7.76.